The van der Waals surface area contributed by atoms with Crippen LogP contribution in [0.15, 0.2) is 29.6 Å². The predicted molar refractivity (Wildman–Crippen MR) is 75.4 cm³/mol. The zero-order chi connectivity index (χ0) is 13.1. The molecular formula is C13H15N3OS. The second-order valence-corrected chi connectivity index (χ2v) is 5.17. The largest absolute Gasteiger partial charge is 0.399 e. The number of hydrogen-bond acceptors (Lipinski definition) is 4. The van der Waals surface area contributed by atoms with E-state index >= 15 is 0 Å². The molecule has 0 saturated heterocycles. The lowest BCUT2D eigenvalue weighted by atomic mass is 10.1. The Hall–Kier alpha value is -1.88. The number of benzene rings is 1. The van der Waals surface area contributed by atoms with Gasteiger partial charge in [-0.2, -0.15) is 0 Å². The minimum atomic E-state index is -0.0512. The minimum Gasteiger partial charge on any atom is -0.399 e. The Morgan fingerprint density at radius 2 is 2.22 bits per heavy atom. The van der Waals surface area contributed by atoms with Crippen molar-refractivity contribution in [2.75, 3.05) is 11.1 Å². The van der Waals surface area contributed by atoms with Crippen LogP contribution < -0.4 is 11.1 Å². The van der Waals surface area contributed by atoms with Gasteiger partial charge in [-0.1, -0.05) is 26.0 Å². The number of hydrogen-bond donors (Lipinski definition) is 2. The van der Waals surface area contributed by atoms with Crippen molar-refractivity contribution in [2.24, 2.45) is 5.92 Å². The molecule has 0 unspecified atom stereocenters. The Bertz CT molecular complexity index is 563. The smallest absolute Gasteiger partial charge is 0.228 e. The van der Waals surface area contributed by atoms with Gasteiger partial charge in [-0.25, -0.2) is 4.98 Å². The summed E-state index contributed by atoms with van der Waals surface area (Å²) in [7, 11) is 0. The molecule has 18 heavy (non-hydrogen) atoms. The first-order valence-corrected chi connectivity index (χ1v) is 6.56. The molecule has 0 radical (unpaired) electrons. The van der Waals surface area contributed by atoms with E-state index in [0.717, 1.165) is 11.3 Å². The standard InChI is InChI=1S/C13H15N3OS/c1-8(2)12(17)16-13-15-11(7-18-13)9-4-3-5-10(14)6-9/h3-8H,14H2,1-2H3,(H,15,16,17). The van der Waals surface area contributed by atoms with E-state index in [1.165, 1.54) is 11.3 Å². The molecule has 0 aliphatic rings. The minimum absolute atomic E-state index is 0.0246. The van der Waals surface area contributed by atoms with Crippen LogP contribution in [0.3, 0.4) is 0 Å². The van der Waals surface area contributed by atoms with Crippen LogP contribution in [0.25, 0.3) is 11.3 Å². The third-order valence-electron chi connectivity index (χ3n) is 2.44. The molecule has 5 heteroatoms. The fraction of sp³-hybridized carbons (Fsp3) is 0.231. The fourth-order valence-corrected chi connectivity index (χ4v) is 2.13. The Kier molecular flexibility index (Phi) is 3.62. The van der Waals surface area contributed by atoms with Gasteiger partial charge in [-0.05, 0) is 12.1 Å². The molecule has 0 fully saturated rings. The number of carbonyl (C=O) groups is 1. The normalized spacial score (nSPS) is 10.6. The van der Waals surface area contributed by atoms with Crippen LogP contribution in [-0.4, -0.2) is 10.9 Å². The molecule has 0 atom stereocenters. The molecule has 2 rings (SSSR count). The maximum Gasteiger partial charge on any atom is 0.228 e. The Morgan fingerprint density at radius 1 is 1.44 bits per heavy atom. The van der Waals surface area contributed by atoms with Crippen molar-refractivity contribution >= 4 is 28.1 Å². The Labute approximate surface area is 110 Å². The van der Waals surface area contributed by atoms with Crippen molar-refractivity contribution in [3.63, 3.8) is 0 Å². The quantitative estimate of drug-likeness (QED) is 0.835. The van der Waals surface area contributed by atoms with Crippen LogP contribution >= 0.6 is 11.3 Å². The lowest BCUT2D eigenvalue weighted by molar-refractivity contribution is -0.118. The lowest BCUT2D eigenvalue weighted by Gasteiger charge is -2.03. The Morgan fingerprint density at radius 3 is 2.89 bits per heavy atom. The number of nitrogen functional groups attached to an aromatic ring is 1. The van der Waals surface area contributed by atoms with E-state index in [1.807, 2.05) is 43.5 Å². The third-order valence-corrected chi connectivity index (χ3v) is 3.20. The van der Waals surface area contributed by atoms with Crippen molar-refractivity contribution < 1.29 is 4.79 Å². The van der Waals surface area contributed by atoms with Crippen molar-refractivity contribution in [3.8, 4) is 11.3 Å². The van der Waals surface area contributed by atoms with Gasteiger partial charge in [0.15, 0.2) is 5.13 Å². The van der Waals surface area contributed by atoms with E-state index in [1.54, 1.807) is 0 Å². The highest BCUT2D eigenvalue weighted by Crippen LogP contribution is 2.26. The van der Waals surface area contributed by atoms with E-state index in [9.17, 15) is 4.79 Å². The van der Waals surface area contributed by atoms with Crippen LogP contribution in [-0.2, 0) is 4.79 Å². The van der Waals surface area contributed by atoms with Gasteiger partial charge in [0.25, 0.3) is 0 Å². The predicted octanol–water partition coefficient (Wildman–Crippen LogP) is 2.99. The van der Waals surface area contributed by atoms with Gasteiger partial charge in [-0.15, -0.1) is 11.3 Å². The number of amides is 1. The average molecular weight is 261 g/mol. The third kappa shape index (κ3) is 2.87. The summed E-state index contributed by atoms with van der Waals surface area (Å²) in [6.07, 6.45) is 0. The summed E-state index contributed by atoms with van der Waals surface area (Å²) in [6, 6.07) is 7.52. The molecule has 1 amide bonds. The molecule has 94 valence electrons. The van der Waals surface area contributed by atoms with Gasteiger partial charge >= 0.3 is 0 Å². The molecule has 0 saturated carbocycles. The van der Waals surface area contributed by atoms with E-state index in [-0.39, 0.29) is 11.8 Å². The summed E-state index contributed by atoms with van der Waals surface area (Å²) in [5.41, 5.74) is 8.21. The fourth-order valence-electron chi connectivity index (χ4n) is 1.41. The second-order valence-electron chi connectivity index (χ2n) is 4.31. The van der Waals surface area contributed by atoms with Crippen molar-refractivity contribution in [1.29, 1.82) is 0 Å². The highest BCUT2D eigenvalue weighted by molar-refractivity contribution is 7.14. The zero-order valence-corrected chi connectivity index (χ0v) is 11.1. The van der Waals surface area contributed by atoms with E-state index in [2.05, 4.69) is 10.3 Å². The van der Waals surface area contributed by atoms with Crippen molar-refractivity contribution in [1.82, 2.24) is 4.98 Å². The summed E-state index contributed by atoms with van der Waals surface area (Å²) in [6.45, 7) is 3.70. The maximum atomic E-state index is 11.5. The second kappa shape index (κ2) is 5.18. The van der Waals surface area contributed by atoms with Crippen molar-refractivity contribution in [3.05, 3.63) is 29.6 Å². The molecule has 1 heterocycles. The average Bonchev–Trinajstić information content (AvgIpc) is 2.77. The molecule has 0 spiro atoms. The van der Waals surface area contributed by atoms with Gasteiger partial charge in [-0.3, -0.25) is 4.79 Å². The summed E-state index contributed by atoms with van der Waals surface area (Å²) in [5.74, 6) is -0.0757. The van der Waals surface area contributed by atoms with Crippen LogP contribution in [0.4, 0.5) is 10.8 Å². The number of thiazole rings is 1. The van der Waals surface area contributed by atoms with Gasteiger partial charge in [0, 0.05) is 22.5 Å². The first-order chi connectivity index (χ1) is 8.56. The first-order valence-electron chi connectivity index (χ1n) is 5.68. The van der Waals surface area contributed by atoms with Gasteiger partial charge in [0.2, 0.25) is 5.91 Å². The van der Waals surface area contributed by atoms with Crippen molar-refractivity contribution in [2.45, 2.75) is 13.8 Å². The molecule has 1 aromatic carbocycles. The molecule has 3 N–H and O–H groups in total. The zero-order valence-electron chi connectivity index (χ0n) is 10.3. The number of nitrogens with two attached hydrogens (primary N) is 1. The van der Waals surface area contributed by atoms with Crippen LogP contribution in [0, 0.1) is 5.92 Å². The Balaban J connectivity index is 2.18. The molecule has 2 aromatic rings. The highest BCUT2D eigenvalue weighted by Gasteiger charge is 2.10. The maximum absolute atomic E-state index is 11.5. The summed E-state index contributed by atoms with van der Waals surface area (Å²) in [5, 5.41) is 5.31. The van der Waals surface area contributed by atoms with E-state index in [0.29, 0.717) is 10.8 Å². The van der Waals surface area contributed by atoms with Crippen LogP contribution in [0.2, 0.25) is 0 Å². The lowest BCUT2D eigenvalue weighted by Crippen LogP contribution is -2.17. The topological polar surface area (TPSA) is 68.0 Å². The summed E-state index contributed by atoms with van der Waals surface area (Å²) >= 11 is 1.41. The van der Waals surface area contributed by atoms with Gasteiger partial charge < -0.3 is 11.1 Å². The number of carbonyl (C=O) groups excluding carboxylic acids is 1. The van der Waals surface area contributed by atoms with Gasteiger partial charge in [0.1, 0.15) is 0 Å². The number of nitrogens with zero attached hydrogens (tertiary/aromatic N) is 1. The SMILES string of the molecule is CC(C)C(=O)Nc1nc(-c2cccc(N)c2)cs1. The molecular weight excluding hydrogens is 246 g/mol. The highest BCUT2D eigenvalue weighted by atomic mass is 32.1. The molecule has 4 nitrogen and oxygen atoms in total. The summed E-state index contributed by atoms with van der Waals surface area (Å²) in [4.78, 5) is 15.9. The van der Waals surface area contributed by atoms with Gasteiger partial charge in [0.05, 0.1) is 5.69 Å². The number of nitrogens with one attached hydrogen (secondary N) is 1. The molecule has 1 aromatic heterocycles. The molecule has 0 aliphatic carbocycles. The first kappa shape index (κ1) is 12.6. The van der Waals surface area contributed by atoms with E-state index < -0.39 is 0 Å². The van der Waals surface area contributed by atoms with Crippen LogP contribution in [0.5, 0.6) is 0 Å². The van der Waals surface area contributed by atoms with E-state index in [4.69, 9.17) is 5.73 Å². The number of rotatable bonds is 3. The number of aromatic nitrogens is 1. The molecule has 0 aliphatic heterocycles. The number of anilines is 2. The van der Waals surface area contributed by atoms with Crippen LogP contribution in [0.1, 0.15) is 13.8 Å². The molecule has 0 bridgehead atoms. The monoisotopic (exact) mass is 261 g/mol. The summed E-state index contributed by atoms with van der Waals surface area (Å²) < 4.78 is 0.